The number of likely N-dealkylation sites (tertiary alicyclic amines) is 1. The lowest BCUT2D eigenvalue weighted by molar-refractivity contribution is -0.127. The van der Waals surface area contributed by atoms with Gasteiger partial charge in [0, 0.05) is 40.9 Å². The van der Waals surface area contributed by atoms with Gasteiger partial charge in [-0.1, -0.05) is 12.1 Å². The van der Waals surface area contributed by atoms with Crippen LogP contribution in [0.4, 0.5) is 4.39 Å². The van der Waals surface area contributed by atoms with Gasteiger partial charge in [-0.25, -0.2) is 4.39 Å². The van der Waals surface area contributed by atoms with E-state index >= 15 is 0 Å². The molecule has 3 heterocycles. The highest BCUT2D eigenvalue weighted by molar-refractivity contribution is 7.71. The van der Waals surface area contributed by atoms with E-state index in [2.05, 4.69) is 14.8 Å². The molecule has 1 aliphatic heterocycles. The van der Waals surface area contributed by atoms with Crippen LogP contribution in [0.2, 0.25) is 0 Å². The smallest absolute Gasteiger partial charge is 0.246 e. The van der Waals surface area contributed by atoms with Gasteiger partial charge in [-0.05, 0) is 73.8 Å². The molecule has 2 aromatic heterocycles. The SMILES string of the molecule is O=C(/C=C/c1ccc(-c2ccc(F)cc2)s1)N1CCC(c2n[nH]c(=S)n2C2CC2)CC1. The van der Waals surface area contributed by atoms with Gasteiger partial charge in [0.2, 0.25) is 5.91 Å². The van der Waals surface area contributed by atoms with Gasteiger partial charge in [-0.15, -0.1) is 11.3 Å². The zero-order valence-corrected chi connectivity index (χ0v) is 18.6. The van der Waals surface area contributed by atoms with Crippen molar-refractivity contribution >= 4 is 35.5 Å². The first-order valence-corrected chi connectivity index (χ1v) is 11.8. The molecule has 1 aromatic carbocycles. The van der Waals surface area contributed by atoms with Crippen molar-refractivity contribution in [1.29, 1.82) is 0 Å². The second-order valence-electron chi connectivity index (χ2n) is 8.13. The number of rotatable bonds is 5. The molecule has 2 aliphatic rings. The Morgan fingerprint density at radius 3 is 2.58 bits per heavy atom. The maximum atomic E-state index is 13.1. The Labute approximate surface area is 189 Å². The van der Waals surface area contributed by atoms with E-state index in [4.69, 9.17) is 12.2 Å². The molecule has 5 nitrogen and oxygen atoms in total. The van der Waals surface area contributed by atoms with Crippen molar-refractivity contribution in [2.24, 2.45) is 0 Å². The third-order valence-electron chi connectivity index (χ3n) is 5.96. The maximum Gasteiger partial charge on any atom is 0.246 e. The molecule has 1 aliphatic carbocycles. The summed E-state index contributed by atoms with van der Waals surface area (Å²) in [5.74, 6) is 1.20. The average Bonchev–Trinajstić information content (AvgIpc) is 3.38. The fourth-order valence-corrected chi connectivity index (χ4v) is 5.32. The normalized spacial score (nSPS) is 17.5. The van der Waals surface area contributed by atoms with Crippen LogP contribution in [-0.2, 0) is 4.79 Å². The van der Waals surface area contributed by atoms with E-state index in [0.29, 0.717) is 12.0 Å². The van der Waals surface area contributed by atoms with Gasteiger partial charge in [0.15, 0.2) is 4.77 Å². The Morgan fingerprint density at radius 1 is 1.13 bits per heavy atom. The largest absolute Gasteiger partial charge is 0.339 e. The lowest BCUT2D eigenvalue weighted by Crippen LogP contribution is -2.37. The first-order valence-electron chi connectivity index (χ1n) is 10.6. The molecular weight excluding hydrogens is 431 g/mol. The molecule has 8 heteroatoms. The molecule has 1 saturated carbocycles. The number of halogens is 1. The highest BCUT2D eigenvalue weighted by atomic mass is 32.1. The lowest BCUT2D eigenvalue weighted by atomic mass is 9.95. The molecule has 2 fully saturated rings. The number of piperidine rings is 1. The molecule has 0 atom stereocenters. The molecule has 160 valence electrons. The molecule has 0 bridgehead atoms. The number of carbonyl (C=O) groups excluding carboxylic acids is 1. The molecule has 0 spiro atoms. The van der Waals surface area contributed by atoms with Gasteiger partial charge in [0.1, 0.15) is 11.6 Å². The number of nitrogens with zero attached hydrogens (tertiary/aromatic N) is 3. The van der Waals surface area contributed by atoms with Crippen LogP contribution in [0.25, 0.3) is 16.5 Å². The van der Waals surface area contributed by atoms with Crippen molar-refractivity contribution in [2.45, 2.75) is 37.6 Å². The maximum absolute atomic E-state index is 13.1. The number of hydrogen-bond acceptors (Lipinski definition) is 4. The predicted octanol–water partition coefficient (Wildman–Crippen LogP) is 5.56. The minimum absolute atomic E-state index is 0.0382. The fraction of sp³-hybridized carbons (Fsp3) is 0.348. The molecule has 31 heavy (non-hydrogen) atoms. The van der Waals surface area contributed by atoms with Crippen LogP contribution < -0.4 is 0 Å². The van der Waals surface area contributed by atoms with Crippen LogP contribution in [0.15, 0.2) is 42.5 Å². The van der Waals surface area contributed by atoms with E-state index < -0.39 is 0 Å². The number of thiophene rings is 1. The molecule has 0 radical (unpaired) electrons. The van der Waals surface area contributed by atoms with Gasteiger partial charge in [0.25, 0.3) is 0 Å². The van der Waals surface area contributed by atoms with Crippen molar-refractivity contribution in [1.82, 2.24) is 19.7 Å². The Hall–Kier alpha value is -2.58. The van der Waals surface area contributed by atoms with Crippen LogP contribution in [0.1, 0.15) is 48.3 Å². The first kappa shape index (κ1) is 20.3. The summed E-state index contributed by atoms with van der Waals surface area (Å²) in [5, 5.41) is 7.44. The van der Waals surface area contributed by atoms with E-state index in [1.807, 2.05) is 23.1 Å². The Kier molecular flexibility index (Phi) is 5.58. The average molecular weight is 455 g/mol. The van der Waals surface area contributed by atoms with Crippen LogP contribution in [0.3, 0.4) is 0 Å². The molecular formula is C23H23FN4OS2. The zero-order chi connectivity index (χ0) is 21.4. The first-order chi connectivity index (χ1) is 15.1. The monoisotopic (exact) mass is 454 g/mol. The third-order valence-corrected chi connectivity index (χ3v) is 7.35. The van der Waals surface area contributed by atoms with Gasteiger partial charge < -0.3 is 9.47 Å². The van der Waals surface area contributed by atoms with Crippen LogP contribution in [0.5, 0.6) is 0 Å². The highest BCUT2D eigenvalue weighted by Crippen LogP contribution is 2.39. The summed E-state index contributed by atoms with van der Waals surface area (Å²) in [4.78, 5) is 16.6. The van der Waals surface area contributed by atoms with Crippen molar-refractivity contribution in [3.05, 3.63) is 63.8 Å². The Bertz CT molecular complexity index is 1160. The summed E-state index contributed by atoms with van der Waals surface area (Å²) in [6.45, 7) is 1.45. The highest BCUT2D eigenvalue weighted by Gasteiger charge is 2.32. The zero-order valence-electron chi connectivity index (χ0n) is 17.0. The summed E-state index contributed by atoms with van der Waals surface area (Å²) < 4.78 is 16.0. The number of aromatic nitrogens is 3. The number of carbonyl (C=O) groups is 1. The van der Waals surface area contributed by atoms with E-state index in [1.54, 1.807) is 29.5 Å². The topological polar surface area (TPSA) is 53.9 Å². The minimum Gasteiger partial charge on any atom is -0.339 e. The number of benzene rings is 1. The Morgan fingerprint density at radius 2 is 1.87 bits per heavy atom. The van der Waals surface area contributed by atoms with Crippen LogP contribution in [-0.4, -0.2) is 38.7 Å². The van der Waals surface area contributed by atoms with E-state index in [9.17, 15) is 9.18 Å². The van der Waals surface area contributed by atoms with E-state index in [1.165, 1.54) is 25.0 Å². The summed E-state index contributed by atoms with van der Waals surface area (Å²) >= 11 is 6.98. The fourth-order valence-electron chi connectivity index (χ4n) is 4.12. The second kappa shape index (κ2) is 8.51. The number of amides is 1. The standard InChI is InChI=1S/C23H23FN4OS2/c24-17-3-1-15(2-4-17)20-9-7-19(31-20)8-10-21(29)27-13-11-16(12-14-27)22-25-26-23(30)28(22)18-5-6-18/h1-4,7-10,16,18H,5-6,11-14H2,(H,26,30)/b10-8+. The van der Waals surface area contributed by atoms with Crippen molar-refractivity contribution in [2.75, 3.05) is 13.1 Å². The van der Waals surface area contributed by atoms with Crippen molar-refractivity contribution in [3.63, 3.8) is 0 Å². The van der Waals surface area contributed by atoms with E-state index in [0.717, 1.165) is 51.8 Å². The minimum atomic E-state index is -0.242. The summed E-state index contributed by atoms with van der Waals surface area (Å²) in [6.07, 6.45) is 7.67. The predicted molar refractivity (Wildman–Crippen MR) is 123 cm³/mol. The number of nitrogens with one attached hydrogen (secondary N) is 1. The molecule has 1 saturated heterocycles. The molecule has 5 rings (SSSR count). The van der Waals surface area contributed by atoms with Crippen LogP contribution in [0, 0.1) is 10.6 Å². The summed E-state index contributed by atoms with van der Waals surface area (Å²) in [6, 6.07) is 11.0. The second-order valence-corrected chi connectivity index (χ2v) is 9.63. The van der Waals surface area contributed by atoms with Crippen LogP contribution >= 0.6 is 23.6 Å². The van der Waals surface area contributed by atoms with Gasteiger partial charge in [-0.3, -0.25) is 9.89 Å². The third kappa shape index (κ3) is 4.41. The van der Waals surface area contributed by atoms with Crippen molar-refractivity contribution < 1.29 is 9.18 Å². The Balaban J connectivity index is 1.19. The van der Waals surface area contributed by atoms with Gasteiger partial charge in [0.05, 0.1) is 0 Å². The summed E-state index contributed by atoms with van der Waals surface area (Å²) in [5.41, 5.74) is 0.975. The van der Waals surface area contributed by atoms with Gasteiger partial charge in [-0.2, -0.15) is 5.10 Å². The number of aromatic amines is 1. The van der Waals surface area contributed by atoms with Crippen molar-refractivity contribution in [3.8, 4) is 10.4 Å². The van der Waals surface area contributed by atoms with E-state index in [-0.39, 0.29) is 11.7 Å². The quantitative estimate of drug-likeness (QED) is 0.405. The molecule has 1 amide bonds. The molecule has 3 aromatic rings. The summed E-state index contributed by atoms with van der Waals surface area (Å²) in [7, 11) is 0. The molecule has 1 N–H and O–H groups in total. The number of hydrogen-bond donors (Lipinski definition) is 1. The lowest BCUT2D eigenvalue weighted by Gasteiger charge is -2.31. The van der Waals surface area contributed by atoms with Gasteiger partial charge >= 0.3 is 0 Å². The number of H-pyrrole nitrogens is 1. The molecule has 0 unspecified atom stereocenters.